The van der Waals surface area contributed by atoms with E-state index in [1.165, 1.54) is 60.9 Å². The second-order valence-corrected chi connectivity index (χ2v) is 9.19. The van der Waals surface area contributed by atoms with E-state index in [0.29, 0.717) is 23.5 Å². The summed E-state index contributed by atoms with van der Waals surface area (Å²) in [6.45, 7) is 0.253. The molecule has 9 nitrogen and oxygen atoms in total. The van der Waals surface area contributed by atoms with Gasteiger partial charge in [0.2, 0.25) is 0 Å². The number of carbonyl (C=O) groups is 2. The molecule has 1 amide bonds. The number of nitrogens with one attached hydrogen (secondary N) is 1. The maximum absolute atomic E-state index is 13.1. The van der Waals surface area contributed by atoms with Gasteiger partial charge in [0.05, 0.1) is 35.3 Å². The van der Waals surface area contributed by atoms with Gasteiger partial charge in [-0.05, 0) is 42.5 Å². The van der Waals surface area contributed by atoms with Crippen LogP contribution in [-0.4, -0.2) is 33.7 Å². The molecule has 0 aliphatic carbocycles. The highest BCUT2D eigenvalue weighted by atomic mass is 35.5. The minimum absolute atomic E-state index is 0.0521. The summed E-state index contributed by atoms with van der Waals surface area (Å²) in [6, 6.07) is 13.8. The van der Waals surface area contributed by atoms with Crippen molar-refractivity contribution in [3.05, 3.63) is 94.8 Å². The van der Waals surface area contributed by atoms with Crippen LogP contribution in [0.15, 0.2) is 73.1 Å². The molecule has 0 bridgehead atoms. The minimum Gasteiger partial charge on any atom is -0.493 e. The van der Waals surface area contributed by atoms with Gasteiger partial charge in [0.1, 0.15) is 23.4 Å². The van der Waals surface area contributed by atoms with E-state index in [4.69, 9.17) is 30.9 Å². The number of carbonyl (C=O) groups excluding carboxylic acids is 1. The number of benzene rings is 3. The predicted molar refractivity (Wildman–Crippen MR) is 140 cm³/mol. The van der Waals surface area contributed by atoms with Gasteiger partial charge in [-0.3, -0.25) is 9.78 Å². The number of hydrogen-bond acceptors (Lipinski definition) is 7. The standard InChI is InChI=1S/C28H19ClF3N3O6/c29-20-11-19-22(41-27(37)38)8-9-39-23(19)12-24(20)40-18-6-4-15(5-7-18)26(36)35-25-14-33-13-21(34-25)16-2-1-3-17(10-16)28(30,31)32/h1-7,10-14,22H,8-9H2,(H,37,38)(H,34,35,36). The molecule has 2 N–H and O–H groups in total. The molecule has 0 radical (unpaired) electrons. The fraction of sp³-hybridized carbons (Fsp3) is 0.143. The second kappa shape index (κ2) is 11.3. The lowest BCUT2D eigenvalue weighted by molar-refractivity contribution is -0.137. The molecule has 210 valence electrons. The summed E-state index contributed by atoms with van der Waals surface area (Å²) >= 11 is 6.36. The van der Waals surface area contributed by atoms with Gasteiger partial charge in [-0.25, -0.2) is 9.78 Å². The lowest BCUT2D eigenvalue weighted by Gasteiger charge is -2.25. The zero-order chi connectivity index (χ0) is 29.1. The van der Waals surface area contributed by atoms with Crippen molar-refractivity contribution in [3.63, 3.8) is 0 Å². The second-order valence-electron chi connectivity index (χ2n) is 8.78. The summed E-state index contributed by atoms with van der Waals surface area (Å²) in [7, 11) is 0. The SMILES string of the molecule is O=C(O)OC1CCOc2cc(Oc3ccc(C(=O)Nc4cncc(-c5cccc(C(F)(F)F)c5)n4)cc3)c(Cl)cc21. The smallest absolute Gasteiger partial charge is 0.493 e. The van der Waals surface area contributed by atoms with Crippen LogP contribution in [0.2, 0.25) is 5.02 Å². The third kappa shape index (κ3) is 6.49. The predicted octanol–water partition coefficient (Wildman–Crippen LogP) is 7.38. The van der Waals surface area contributed by atoms with Crippen molar-refractivity contribution in [2.75, 3.05) is 11.9 Å². The molecule has 1 aliphatic heterocycles. The van der Waals surface area contributed by atoms with Gasteiger partial charge in [-0.1, -0.05) is 23.7 Å². The first-order valence-electron chi connectivity index (χ1n) is 12.0. The van der Waals surface area contributed by atoms with Crippen LogP contribution in [-0.2, 0) is 10.9 Å². The molecule has 1 atom stereocenters. The lowest BCUT2D eigenvalue weighted by atomic mass is 10.0. The number of carboxylic acid groups (broad SMARTS) is 1. The molecule has 0 fully saturated rings. The third-order valence-corrected chi connectivity index (χ3v) is 6.29. The average molecular weight is 586 g/mol. The van der Waals surface area contributed by atoms with Gasteiger partial charge in [0.15, 0.2) is 5.82 Å². The molecule has 13 heteroatoms. The van der Waals surface area contributed by atoms with Crippen LogP contribution in [0.25, 0.3) is 11.3 Å². The van der Waals surface area contributed by atoms with Crippen molar-refractivity contribution in [2.24, 2.45) is 0 Å². The van der Waals surface area contributed by atoms with E-state index in [2.05, 4.69) is 15.3 Å². The van der Waals surface area contributed by atoms with Gasteiger partial charge in [-0.15, -0.1) is 0 Å². The molecule has 1 unspecified atom stereocenters. The summed E-state index contributed by atoms with van der Waals surface area (Å²) < 4.78 is 55.6. The molecular weight excluding hydrogens is 567 g/mol. The Balaban J connectivity index is 1.27. The minimum atomic E-state index is -4.51. The number of aromatic nitrogens is 2. The fourth-order valence-electron chi connectivity index (χ4n) is 4.09. The maximum Gasteiger partial charge on any atom is 0.506 e. The van der Waals surface area contributed by atoms with E-state index < -0.39 is 29.9 Å². The first-order chi connectivity index (χ1) is 19.6. The largest absolute Gasteiger partial charge is 0.506 e. The Labute approximate surface area is 235 Å². The number of rotatable bonds is 6. The van der Waals surface area contributed by atoms with Gasteiger partial charge < -0.3 is 24.6 Å². The third-order valence-electron chi connectivity index (χ3n) is 6.00. The Morgan fingerprint density at radius 1 is 1.07 bits per heavy atom. The van der Waals surface area contributed by atoms with Gasteiger partial charge in [0, 0.05) is 29.2 Å². The Bertz CT molecular complexity index is 1610. The lowest BCUT2D eigenvalue weighted by Crippen LogP contribution is -2.18. The molecule has 0 saturated carbocycles. The number of fused-ring (bicyclic) bond motifs is 1. The van der Waals surface area contributed by atoms with Gasteiger partial charge in [-0.2, -0.15) is 13.2 Å². The summed E-state index contributed by atoms with van der Waals surface area (Å²) in [6.07, 6.45) is -3.70. The molecular formula is C28H19ClF3N3O6. The topological polar surface area (TPSA) is 120 Å². The molecule has 1 aliphatic rings. The van der Waals surface area contributed by atoms with E-state index in [9.17, 15) is 22.8 Å². The van der Waals surface area contributed by atoms with Crippen molar-refractivity contribution >= 4 is 29.5 Å². The number of hydrogen-bond donors (Lipinski definition) is 2. The number of amides is 1. The van der Waals surface area contributed by atoms with E-state index in [0.717, 1.165) is 12.1 Å². The highest BCUT2D eigenvalue weighted by molar-refractivity contribution is 6.32. The summed E-state index contributed by atoms with van der Waals surface area (Å²) in [5.74, 6) is 0.503. The zero-order valence-corrected chi connectivity index (χ0v) is 21.6. The number of nitrogens with zero attached hydrogens (tertiary/aromatic N) is 2. The Hall–Kier alpha value is -4.84. The monoisotopic (exact) mass is 585 g/mol. The molecule has 5 rings (SSSR count). The van der Waals surface area contributed by atoms with E-state index in [1.807, 2.05) is 0 Å². The molecule has 41 heavy (non-hydrogen) atoms. The van der Waals surface area contributed by atoms with Crippen LogP contribution >= 0.6 is 11.6 Å². The van der Waals surface area contributed by atoms with E-state index in [1.54, 1.807) is 0 Å². The number of ether oxygens (including phenoxy) is 3. The summed E-state index contributed by atoms with van der Waals surface area (Å²) in [5, 5.41) is 11.7. The normalized spacial score (nSPS) is 14.4. The fourth-order valence-corrected chi connectivity index (χ4v) is 4.30. The summed E-state index contributed by atoms with van der Waals surface area (Å²) in [5.41, 5.74) is 0.264. The van der Waals surface area contributed by atoms with Gasteiger partial charge in [0.25, 0.3) is 5.91 Å². The Morgan fingerprint density at radius 2 is 1.85 bits per heavy atom. The van der Waals surface area contributed by atoms with Crippen LogP contribution < -0.4 is 14.8 Å². The average Bonchev–Trinajstić information content (AvgIpc) is 2.94. The maximum atomic E-state index is 13.1. The van der Waals surface area contributed by atoms with E-state index >= 15 is 0 Å². The first-order valence-corrected chi connectivity index (χ1v) is 12.4. The van der Waals surface area contributed by atoms with Crippen molar-refractivity contribution in [1.29, 1.82) is 0 Å². The first kappa shape index (κ1) is 27.7. The van der Waals surface area contributed by atoms with Crippen molar-refractivity contribution in [3.8, 4) is 28.5 Å². The van der Waals surface area contributed by atoms with Crippen LogP contribution in [0.5, 0.6) is 17.2 Å². The van der Waals surface area contributed by atoms with Crippen molar-refractivity contribution in [2.45, 2.75) is 18.7 Å². The van der Waals surface area contributed by atoms with Crippen LogP contribution in [0.1, 0.15) is 34.0 Å². The molecule has 2 heterocycles. The Kier molecular flexibility index (Phi) is 7.66. The molecule has 3 aromatic carbocycles. The zero-order valence-electron chi connectivity index (χ0n) is 20.8. The van der Waals surface area contributed by atoms with Crippen molar-refractivity contribution in [1.82, 2.24) is 9.97 Å². The van der Waals surface area contributed by atoms with E-state index in [-0.39, 0.29) is 40.0 Å². The van der Waals surface area contributed by atoms with Crippen molar-refractivity contribution < 1.29 is 42.1 Å². The number of anilines is 1. The van der Waals surface area contributed by atoms with Crippen LogP contribution in [0, 0.1) is 0 Å². The van der Waals surface area contributed by atoms with Crippen LogP contribution in [0.3, 0.4) is 0 Å². The molecule has 0 spiro atoms. The highest BCUT2D eigenvalue weighted by Crippen LogP contribution is 2.42. The molecule has 4 aromatic rings. The highest BCUT2D eigenvalue weighted by Gasteiger charge is 2.30. The summed E-state index contributed by atoms with van der Waals surface area (Å²) in [4.78, 5) is 31.9. The number of alkyl halides is 3. The molecule has 0 saturated heterocycles. The number of halogens is 4. The Morgan fingerprint density at radius 3 is 2.59 bits per heavy atom. The molecule has 1 aromatic heterocycles. The van der Waals surface area contributed by atoms with Gasteiger partial charge >= 0.3 is 12.3 Å². The van der Waals surface area contributed by atoms with Crippen LogP contribution in [0.4, 0.5) is 23.8 Å². The quantitative estimate of drug-likeness (QED) is 0.225.